The van der Waals surface area contributed by atoms with E-state index in [1.165, 1.54) is 12.1 Å². The van der Waals surface area contributed by atoms with E-state index in [1.807, 2.05) is 4.90 Å². The first-order chi connectivity index (χ1) is 8.47. The van der Waals surface area contributed by atoms with Crippen LogP contribution in [0.25, 0.3) is 0 Å². The predicted octanol–water partition coefficient (Wildman–Crippen LogP) is 3.13. The summed E-state index contributed by atoms with van der Waals surface area (Å²) in [4.78, 5) is 16.7. The summed E-state index contributed by atoms with van der Waals surface area (Å²) in [5.41, 5.74) is 0.0284. The Balaban J connectivity index is 2.36. The third-order valence-corrected chi connectivity index (χ3v) is 3.40. The average Bonchev–Trinajstić information content (AvgIpc) is 2.27. The van der Waals surface area contributed by atoms with Gasteiger partial charge in [-0.1, -0.05) is 25.4 Å². The molecule has 2 unspecified atom stereocenters. The highest BCUT2D eigenvalue weighted by Crippen LogP contribution is 2.32. The standard InChI is InChI=1S/C12H16ClN3O2/c1-8-5-9(2)7-15(6-8)12-10(16(17)18)3-4-11(13)14-12/h3-4,8-9H,5-7H2,1-2H3. The number of aromatic nitrogens is 1. The second-order valence-electron chi connectivity index (χ2n) is 5.08. The number of hydrogen-bond donors (Lipinski definition) is 0. The van der Waals surface area contributed by atoms with Crippen LogP contribution in [0.2, 0.25) is 5.15 Å². The van der Waals surface area contributed by atoms with Gasteiger partial charge in [-0.3, -0.25) is 10.1 Å². The van der Waals surface area contributed by atoms with Gasteiger partial charge in [-0.15, -0.1) is 0 Å². The van der Waals surface area contributed by atoms with E-state index in [-0.39, 0.29) is 5.69 Å². The SMILES string of the molecule is CC1CC(C)CN(c2nc(Cl)ccc2[N+](=O)[O-])C1. The van der Waals surface area contributed by atoms with E-state index >= 15 is 0 Å². The lowest BCUT2D eigenvalue weighted by Crippen LogP contribution is -2.39. The molecule has 0 aliphatic carbocycles. The van der Waals surface area contributed by atoms with Crippen molar-refractivity contribution < 1.29 is 4.92 Å². The van der Waals surface area contributed by atoms with Crippen LogP contribution in [0.1, 0.15) is 20.3 Å². The molecule has 98 valence electrons. The van der Waals surface area contributed by atoms with Gasteiger partial charge in [0.15, 0.2) is 0 Å². The van der Waals surface area contributed by atoms with Crippen LogP contribution in [0, 0.1) is 22.0 Å². The van der Waals surface area contributed by atoms with Gasteiger partial charge in [0.1, 0.15) is 5.15 Å². The molecule has 0 aromatic carbocycles. The lowest BCUT2D eigenvalue weighted by molar-refractivity contribution is -0.384. The monoisotopic (exact) mass is 269 g/mol. The first kappa shape index (κ1) is 13.1. The largest absolute Gasteiger partial charge is 0.350 e. The van der Waals surface area contributed by atoms with Gasteiger partial charge >= 0.3 is 5.69 Å². The Morgan fingerprint density at radius 2 is 2.00 bits per heavy atom. The number of anilines is 1. The average molecular weight is 270 g/mol. The van der Waals surface area contributed by atoms with Crippen LogP contribution in [0.15, 0.2) is 12.1 Å². The van der Waals surface area contributed by atoms with Crippen LogP contribution >= 0.6 is 11.6 Å². The third-order valence-electron chi connectivity index (χ3n) is 3.19. The zero-order valence-corrected chi connectivity index (χ0v) is 11.2. The Morgan fingerprint density at radius 3 is 2.56 bits per heavy atom. The molecule has 1 saturated heterocycles. The summed E-state index contributed by atoms with van der Waals surface area (Å²) in [7, 11) is 0. The first-order valence-corrected chi connectivity index (χ1v) is 6.41. The molecule has 1 aromatic heterocycles. The molecule has 0 spiro atoms. The second-order valence-corrected chi connectivity index (χ2v) is 5.47. The van der Waals surface area contributed by atoms with Crippen LogP contribution in [-0.2, 0) is 0 Å². The number of rotatable bonds is 2. The maximum Gasteiger partial charge on any atom is 0.311 e. The number of halogens is 1. The minimum Gasteiger partial charge on any atom is -0.350 e. The van der Waals surface area contributed by atoms with E-state index in [2.05, 4.69) is 18.8 Å². The van der Waals surface area contributed by atoms with E-state index in [4.69, 9.17) is 11.6 Å². The zero-order chi connectivity index (χ0) is 13.3. The van der Waals surface area contributed by atoms with Crippen molar-refractivity contribution in [2.45, 2.75) is 20.3 Å². The Labute approximate surface area is 111 Å². The molecule has 0 amide bonds. The summed E-state index contributed by atoms with van der Waals surface area (Å²) < 4.78 is 0. The Hall–Kier alpha value is -1.36. The number of hydrogen-bond acceptors (Lipinski definition) is 4. The molecule has 2 heterocycles. The minimum absolute atomic E-state index is 0.0284. The van der Waals surface area contributed by atoms with Gasteiger partial charge in [-0.2, -0.15) is 0 Å². The zero-order valence-electron chi connectivity index (χ0n) is 10.5. The number of nitro groups is 1. The van der Waals surface area contributed by atoms with Crippen LogP contribution in [0.4, 0.5) is 11.5 Å². The molecule has 1 fully saturated rings. The summed E-state index contributed by atoms with van der Waals surface area (Å²) in [5, 5.41) is 11.3. The van der Waals surface area contributed by atoms with E-state index in [9.17, 15) is 10.1 Å². The van der Waals surface area contributed by atoms with Crippen LogP contribution in [0.3, 0.4) is 0 Å². The van der Waals surface area contributed by atoms with Crippen molar-refractivity contribution in [3.05, 3.63) is 27.4 Å². The van der Waals surface area contributed by atoms with E-state index in [0.717, 1.165) is 19.5 Å². The van der Waals surface area contributed by atoms with Crippen molar-refractivity contribution in [3.63, 3.8) is 0 Å². The summed E-state index contributed by atoms with van der Waals surface area (Å²) in [6.45, 7) is 5.88. The van der Waals surface area contributed by atoms with Crippen molar-refractivity contribution >= 4 is 23.1 Å². The highest BCUT2D eigenvalue weighted by molar-refractivity contribution is 6.29. The van der Waals surface area contributed by atoms with Crippen molar-refractivity contribution in [2.75, 3.05) is 18.0 Å². The van der Waals surface area contributed by atoms with Gasteiger partial charge in [0.25, 0.3) is 0 Å². The highest BCUT2D eigenvalue weighted by Gasteiger charge is 2.28. The fraction of sp³-hybridized carbons (Fsp3) is 0.583. The predicted molar refractivity (Wildman–Crippen MR) is 71.1 cm³/mol. The molecule has 1 aliphatic rings. The smallest absolute Gasteiger partial charge is 0.311 e. The molecule has 0 saturated carbocycles. The summed E-state index contributed by atoms with van der Waals surface area (Å²) in [6, 6.07) is 2.88. The highest BCUT2D eigenvalue weighted by atomic mass is 35.5. The van der Waals surface area contributed by atoms with Gasteiger partial charge in [0.2, 0.25) is 5.82 Å². The maximum atomic E-state index is 11.0. The van der Waals surface area contributed by atoms with E-state index in [0.29, 0.717) is 22.8 Å². The van der Waals surface area contributed by atoms with E-state index in [1.54, 1.807) is 0 Å². The molecule has 0 bridgehead atoms. The lowest BCUT2D eigenvalue weighted by Gasteiger charge is -2.35. The summed E-state index contributed by atoms with van der Waals surface area (Å²) in [6.07, 6.45) is 1.14. The van der Waals surface area contributed by atoms with Crippen LogP contribution in [0.5, 0.6) is 0 Å². The molecule has 1 aromatic rings. The lowest BCUT2D eigenvalue weighted by atomic mass is 9.92. The van der Waals surface area contributed by atoms with Gasteiger partial charge in [-0.25, -0.2) is 4.98 Å². The molecule has 18 heavy (non-hydrogen) atoms. The second kappa shape index (κ2) is 5.10. The molecule has 1 aliphatic heterocycles. The normalized spacial score (nSPS) is 24.1. The Morgan fingerprint density at radius 1 is 1.39 bits per heavy atom. The Kier molecular flexibility index (Phi) is 3.71. The molecular formula is C12H16ClN3O2. The summed E-state index contributed by atoms with van der Waals surface area (Å²) in [5.74, 6) is 1.41. The van der Waals surface area contributed by atoms with Gasteiger partial charge in [0, 0.05) is 19.2 Å². The molecule has 0 N–H and O–H groups in total. The van der Waals surface area contributed by atoms with Crippen molar-refractivity contribution in [3.8, 4) is 0 Å². The van der Waals surface area contributed by atoms with Crippen molar-refractivity contribution in [1.82, 2.24) is 4.98 Å². The molecule has 6 heteroatoms. The number of piperidine rings is 1. The maximum absolute atomic E-state index is 11.0. The van der Waals surface area contributed by atoms with Crippen LogP contribution in [-0.4, -0.2) is 23.0 Å². The van der Waals surface area contributed by atoms with Gasteiger partial charge < -0.3 is 4.90 Å². The summed E-state index contributed by atoms with van der Waals surface area (Å²) >= 11 is 5.85. The third kappa shape index (κ3) is 2.72. The van der Waals surface area contributed by atoms with E-state index < -0.39 is 4.92 Å². The van der Waals surface area contributed by atoms with Gasteiger partial charge in [-0.05, 0) is 24.3 Å². The Bertz CT molecular complexity index is 457. The minimum atomic E-state index is -0.400. The fourth-order valence-electron chi connectivity index (χ4n) is 2.63. The van der Waals surface area contributed by atoms with Crippen molar-refractivity contribution in [1.29, 1.82) is 0 Å². The van der Waals surface area contributed by atoms with Gasteiger partial charge in [0.05, 0.1) is 4.92 Å². The molecule has 2 atom stereocenters. The first-order valence-electron chi connectivity index (χ1n) is 6.03. The molecule has 5 nitrogen and oxygen atoms in total. The molecule has 0 radical (unpaired) electrons. The quantitative estimate of drug-likeness (QED) is 0.470. The fourth-order valence-corrected chi connectivity index (χ4v) is 2.77. The molecular weight excluding hydrogens is 254 g/mol. The number of pyridine rings is 1. The number of nitrogens with zero attached hydrogens (tertiary/aromatic N) is 3. The molecule has 2 rings (SSSR count). The van der Waals surface area contributed by atoms with Crippen molar-refractivity contribution in [2.24, 2.45) is 11.8 Å². The van der Waals surface area contributed by atoms with Crippen LogP contribution < -0.4 is 4.90 Å². The topological polar surface area (TPSA) is 59.3 Å².